The second-order valence-electron chi connectivity index (χ2n) is 5.94. The van der Waals surface area contributed by atoms with Crippen LogP contribution in [0.2, 0.25) is 0 Å². The molecule has 0 radical (unpaired) electrons. The predicted molar refractivity (Wildman–Crippen MR) is 113 cm³/mol. The van der Waals surface area contributed by atoms with E-state index in [1.54, 1.807) is 36.4 Å². The van der Waals surface area contributed by atoms with Crippen LogP contribution in [0.25, 0.3) is 6.08 Å². The van der Waals surface area contributed by atoms with E-state index in [-0.39, 0.29) is 18.2 Å². The molecule has 3 amide bonds. The number of thioether (sulfide) groups is 1. The first kappa shape index (κ1) is 18.8. The van der Waals surface area contributed by atoms with Gasteiger partial charge in [-0.05, 0) is 82.4 Å². The smallest absolute Gasteiger partial charge is 0.294 e. The Hall–Kier alpha value is -2.53. The van der Waals surface area contributed by atoms with E-state index < -0.39 is 17.1 Å². The zero-order valence-electron chi connectivity index (χ0n) is 14.3. The maximum Gasteiger partial charge on any atom is 0.294 e. The minimum Gasteiger partial charge on any atom is -0.454 e. The van der Waals surface area contributed by atoms with E-state index in [4.69, 9.17) is 9.47 Å². The summed E-state index contributed by atoms with van der Waals surface area (Å²) in [5.74, 6) is 0.292. The Labute approximate surface area is 178 Å². The molecule has 1 fully saturated rings. The van der Waals surface area contributed by atoms with Gasteiger partial charge in [0.25, 0.3) is 11.1 Å². The largest absolute Gasteiger partial charge is 0.454 e. The molecule has 0 spiro atoms. The third-order valence-corrected chi connectivity index (χ3v) is 5.62. The summed E-state index contributed by atoms with van der Waals surface area (Å²) in [6.07, 6.45) is 1.60. The number of ether oxygens (including phenoxy) is 2. The molecule has 0 aromatic heterocycles. The number of nitrogens with zero attached hydrogens (tertiary/aromatic N) is 1. The summed E-state index contributed by atoms with van der Waals surface area (Å²) in [7, 11) is 0. The number of carbonyl (C=O) groups is 3. The van der Waals surface area contributed by atoms with Gasteiger partial charge in [0.2, 0.25) is 12.7 Å². The minimum absolute atomic E-state index is 0.158. The van der Waals surface area contributed by atoms with Gasteiger partial charge in [0.15, 0.2) is 11.5 Å². The Balaban J connectivity index is 1.44. The number of hydrogen-bond acceptors (Lipinski definition) is 6. The Morgan fingerprint density at radius 1 is 1.14 bits per heavy atom. The lowest BCUT2D eigenvalue weighted by atomic mass is 10.2. The fraction of sp³-hybridized carbons (Fsp3) is 0.105. The maximum absolute atomic E-state index is 12.6. The zero-order valence-corrected chi connectivity index (χ0v) is 17.3. The molecule has 142 valence electrons. The number of hydrogen-bond donors (Lipinski definition) is 1. The van der Waals surface area contributed by atoms with Gasteiger partial charge in [0, 0.05) is 9.26 Å². The van der Waals surface area contributed by atoms with Crippen molar-refractivity contribution in [2.75, 3.05) is 18.7 Å². The molecule has 28 heavy (non-hydrogen) atoms. The molecule has 0 saturated carbocycles. The van der Waals surface area contributed by atoms with Crippen molar-refractivity contribution in [3.8, 4) is 11.5 Å². The number of anilines is 1. The first-order valence-electron chi connectivity index (χ1n) is 8.20. The van der Waals surface area contributed by atoms with Crippen LogP contribution >= 0.6 is 34.4 Å². The standard InChI is InChI=1S/C19H13IN2O5S/c20-12-2-4-13(5-3-12)21-17(23)9-22-18(24)16(28-19(22)25)8-11-1-6-14-15(7-11)27-10-26-14/h1-8H,9-10H2,(H,21,23)/b16-8+. The van der Waals surface area contributed by atoms with Gasteiger partial charge in [-0.2, -0.15) is 0 Å². The van der Waals surface area contributed by atoms with Gasteiger partial charge in [0.1, 0.15) is 6.54 Å². The third kappa shape index (κ3) is 3.99. The topological polar surface area (TPSA) is 84.9 Å². The fourth-order valence-electron chi connectivity index (χ4n) is 2.67. The van der Waals surface area contributed by atoms with Crippen molar-refractivity contribution in [3.05, 3.63) is 56.5 Å². The molecule has 4 rings (SSSR count). The molecule has 2 aliphatic heterocycles. The highest BCUT2D eigenvalue weighted by Crippen LogP contribution is 2.36. The first-order valence-corrected chi connectivity index (χ1v) is 10.1. The van der Waals surface area contributed by atoms with Crippen molar-refractivity contribution in [1.82, 2.24) is 4.90 Å². The quantitative estimate of drug-likeness (QED) is 0.501. The van der Waals surface area contributed by atoms with E-state index >= 15 is 0 Å². The molecule has 1 N–H and O–H groups in total. The molecular formula is C19H13IN2O5S. The second kappa shape index (κ2) is 7.84. The summed E-state index contributed by atoms with van der Waals surface area (Å²) in [5.41, 5.74) is 1.31. The van der Waals surface area contributed by atoms with Crippen LogP contribution in [-0.4, -0.2) is 35.3 Å². The van der Waals surface area contributed by atoms with Crippen molar-refractivity contribution >= 4 is 63.2 Å². The molecule has 2 aliphatic rings. The number of carbonyl (C=O) groups excluding carboxylic acids is 3. The minimum atomic E-state index is -0.495. The molecule has 1 saturated heterocycles. The molecular weight excluding hydrogens is 495 g/mol. The number of halogens is 1. The molecule has 2 aromatic rings. The van der Waals surface area contributed by atoms with Gasteiger partial charge in [-0.1, -0.05) is 6.07 Å². The lowest BCUT2D eigenvalue weighted by Gasteiger charge is -2.12. The van der Waals surface area contributed by atoms with E-state index in [0.29, 0.717) is 22.7 Å². The normalized spacial score (nSPS) is 16.8. The monoisotopic (exact) mass is 508 g/mol. The number of imide groups is 1. The molecule has 2 aromatic carbocycles. The van der Waals surface area contributed by atoms with Crippen LogP contribution in [0.1, 0.15) is 5.56 Å². The molecule has 0 atom stereocenters. The molecule has 0 unspecified atom stereocenters. The summed E-state index contributed by atoms with van der Waals surface area (Å²) < 4.78 is 11.6. The highest BCUT2D eigenvalue weighted by Gasteiger charge is 2.36. The van der Waals surface area contributed by atoms with E-state index in [0.717, 1.165) is 20.2 Å². The van der Waals surface area contributed by atoms with Gasteiger partial charge in [-0.25, -0.2) is 0 Å². The first-order chi connectivity index (χ1) is 13.5. The van der Waals surface area contributed by atoms with Crippen LogP contribution in [0.3, 0.4) is 0 Å². The number of amides is 3. The van der Waals surface area contributed by atoms with Crippen molar-refractivity contribution < 1.29 is 23.9 Å². The van der Waals surface area contributed by atoms with E-state index in [1.165, 1.54) is 0 Å². The summed E-state index contributed by atoms with van der Waals surface area (Å²) >= 11 is 2.97. The van der Waals surface area contributed by atoms with Crippen molar-refractivity contribution in [2.45, 2.75) is 0 Å². The maximum atomic E-state index is 12.6. The van der Waals surface area contributed by atoms with Crippen LogP contribution in [0, 0.1) is 3.57 Å². The Morgan fingerprint density at radius 3 is 2.68 bits per heavy atom. The number of benzene rings is 2. The van der Waals surface area contributed by atoms with Crippen LogP contribution in [-0.2, 0) is 9.59 Å². The van der Waals surface area contributed by atoms with Gasteiger partial charge in [-0.15, -0.1) is 0 Å². The number of fused-ring (bicyclic) bond motifs is 1. The summed E-state index contributed by atoms with van der Waals surface area (Å²) in [6, 6.07) is 12.5. The van der Waals surface area contributed by atoms with Crippen molar-refractivity contribution in [1.29, 1.82) is 0 Å². The second-order valence-corrected chi connectivity index (χ2v) is 8.17. The van der Waals surface area contributed by atoms with Gasteiger partial charge >= 0.3 is 0 Å². The third-order valence-electron chi connectivity index (χ3n) is 4.00. The van der Waals surface area contributed by atoms with Gasteiger partial charge in [0.05, 0.1) is 4.91 Å². The van der Waals surface area contributed by atoms with Gasteiger partial charge in [-0.3, -0.25) is 19.3 Å². The highest BCUT2D eigenvalue weighted by atomic mass is 127. The molecule has 0 aliphatic carbocycles. The Bertz CT molecular complexity index is 1010. The summed E-state index contributed by atoms with van der Waals surface area (Å²) in [6.45, 7) is -0.180. The molecule has 7 nitrogen and oxygen atoms in total. The number of rotatable bonds is 4. The SMILES string of the molecule is O=C(CN1C(=O)S/C(=C/c2ccc3c(c2)OCO3)C1=O)Nc1ccc(I)cc1. The zero-order chi connectivity index (χ0) is 19.7. The van der Waals surface area contributed by atoms with Crippen LogP contribution in [0.4, 0.5) is 10.5 Å². The number of nitrogens with one attached hydrogen (secondary N) is 1. The van der Waals surface area contributed by atoms with Crippen molar-refractivity contribution in [3.63, 3.8) is 0 Å². The molecule has 0 bridgehead atoms. The van der Waals surface area contributed by atoms with E-state index in [2.05, 4.69) is 27.9 Å². The Morgan fingerprint density at radius 2 is 1.89 bits per heavy atom. The lowest BCUT2D eigenvalue weighted by Crippen LogP contribution is -2.36. The van der Waals surface area contributed by atoms with E-state index in [9.17, 15) is 14.4 Å². The summed E-state index contributed by atoms with van der Waals surface area (Å²) in [5, 5.41) is 2.21. The summed E-state index contributed by atoms with van der Waals surface area (Å²) in [4.78, 5) is 38.2. The predicted octanol–water partition coefficient (Wildman–Crippen LogP) is 3.69. The molecule has 2 heterocycles. The average Bonchev–Trinajstić information content (AvgIpc) is 3.23. The highest BCUT2D eigenvalue weighted by molar-refractivity contribution is 14.1. The van der Waals surface area contributed by atoms with Crippen LogP contribution < -0.4 is 14.8 Å². The van der Waals surface area contributed by atoms with Crippen LogP contribution in [0.5, 0.6) is 11.5 Å². The fourth-order valence-corrected chi connectivity index (χ4v) is 3.87. The lowest BCUT2D eigenvalue weighted by molar-refractivity contribution is -0.127. The van der Waals surface area contributed by atoms with E-state index in [1.807, 2.05) is 12.1 Å². The Kier molecular flexibility index (Phi) is 5.27. The van der Waals surface area contributed by atoms with Gasteiger partial charge < -0.3 is 14.8 Å². The van der Waals surface area contributed by atoms with Crippen LogP contribution in [0.15, 0.2) is 47.4 Å². The average molecular weight is 508 g/mol. The molecule has 9 heteroatoms. The van der Waals surface area contributed by atoms with Crippen molar-refractivity contribution in [2.24, 2.45) is 0 Å².